The molecule has 0 spiro atoms. The second-order valence-corrected chi connectivity index (χ2v) is 8.50. The molecular weight excluding hydrogens is 426 g/mol. The molecule has 0 radical (unpaired) electrons. The van der Waals surface area contributed by atoms with Crippen LogP contribution in [-0.2, 0) is 0 Å². The van der Waals surface area contributed by atoms with Gasteiger partial charge in [0.25, 0.3) is 0 Å². The maximum atomic E-state index is 11.0. The van der Waals surface area contributed by atoms with Crippen molar-refractivity contribution in [3.8, 4) is 23.2 Å². The second-order valence-electron chi connectivity index (χ2n) is 8.50. The highest BCUT2D eigenvalue weighted by Crippen LogP contribution is 2.39. The molecular formula is C28H29N3O3. The average Bonchev–Trinajstić information content (AvgIpc) is 3.19. The molecule has 1 saturated heterocycles. The molecule has 6 nitrogen and oxygen atoms in total. The van der Waals surface area contributed by atoms with Crippen molar-refractivity contribution in [1.29, 1.82) is 0 Å². The Labute approximate surface area is 199 Å². The fourth-order valence-corrected chi connectivity index (χ4v) is 4.82. The Bertz CT molecular complexity index is 1190. The van der Waals surface area contributed by atoms with Crippen LogP contribution in [0.5, 0.6) is 17.5 Å². The number of methoxy groups -OCH3 is 1. The molecule has 0 aliphatic carbocycles. The van der Waals surface area contributed by atoms with Gasteiger partial charge in [-0.25, -0.2) is 4.57 Å². The van der Waals surface area contributed by atoms with Crippen LogP contribution in [0.1, 0.15) is 17.2 Å². The number of ether oxygens (including phenoxy) is 1. The molecule has 0 amide bonds. The Kier molecular flexibility index (Phi) is 6.14. The molecule has 1 aliphatic heterocycles. The van der Waals surface area contributed by atoms with E-state index in [4.69, 9.17) is 4.74 Å². The fourth-order valence-electron chi connectivity index (χ4n) is 4.82. The van der Waals surface area contributed by atoms with Crippen molar-refractivity contribution >= 4 is 5.69 Å². The molecule has 3 aromatic carbocycles. The van der Waals surface area contributed by atoms with Gasteiger partial charge in [0.2, 0.25) is 11.8 Å². The van der Waals surface area contributed by atoms with Crippen LogP contribution >= 0.6 is 0 Å². The van der Waals surface area contributed by atoms with E-state index in [1.165, 1.54) is 15.7 Å². The lowest BCUT2D eigenvalue weighted by atomic mass is 9.96. The minimum absolute atomic E-state index is 0.00497. The highest BCUT2D eigenvalue weighted by Gasteiger charge is 2.29. The third-order valence-corrected chi connectivity index (χ3v) is 6.50. The normalized spacial score (nSPS) is 14.5. The fraction of sp³-hybridized carbons (Fsp3) is 0.214. The first kappa shape index (κ1) is 21.9. The maximum absolute atomic E-state index is 11.0. The lowest BCUT2D eigenvalue weighted by molar-refractivity contribution is 0.212. The van der Waals surface area contributed by atoms with E-state index in [1.54, 1.807) is 19.2 Å². The molecule has 2 N–H and O–H groups in total. The summed E-state index contributed by atoms with van der Waals surface area (Å²) >= 11 is 0. The average molecular weight is 456 g/mol. The first-order valence-electron chi connectivity index (χ1n) is 11.5. The highest BCUT2D eigenvalue weighted by molar-refractivity contribution is 5.63. The molecule has 0 bridgehead atoms. The van der Waals surface area contributed by atoms with E-state index in [-0.39, 0.29) is 17.8 Å². The van der Waals surface area contributed by atoms with E-state index in [9.17, 15) is 10.2 Å². The van der Waals surface area contributed by atoms with Crippen molar-refractivity contribution in [2.75, 3.05) is 38.2 Å². The monoisotopic (exact) mass is 455 g/mol. The van der Waals surface area contributed by atoms with Crippen molar-refractivity contribution in [3.05, 3.63) is 102 Å². The summed E-state index contributed by atoms with van der Waals surface area (Å²) in [6.45, 7) is 3.15. The minimum atomic E-state index is -0.00497. The van der Waals surface area contributed by atoms with Gasteiger partial charge < -0.3 is 19.8 Å². The standard InChI is InChI=1S/C28H29N3O3/c1-34-24-14-8-13-23(19-24)31-26(32)20-25(28(31)33)29-15-17-30(18-16-29)27(21-9-4-2-5-10-21)22-11-6-3-7-12-22/h2-14,19-20,27,32-33H,15-18H2,1H3. The van der Waals surface area contributed by atoms with Gasteiger partial charge >= 0.3 is 0 Å². The predicted molar refractivity (Wildman–Crippen MR) is 134 cm³/mol. The van der Waals surface area contributed by atoms with E-state index in [2.05, 4.69) is 58.3 Å². The smallest absolute Gasteiger partial charge is 0.223 e. The van der Waals surface area contributed by atoms with Crippen LogP contribution < -0.4 is 9.64 Å². The summed E-state index contributed by atoms with van der Waals surface area (Å²) in [5.41, 5.74) is 3.82. The van der Waals surface area contributed by atoms with Gasteiger partial charge in [-0.3, -0.25) is 4.90 Å². The molecule has 0 atom stereocenters. The van der Waals surface area contributed by atoms with Crippen LogP contribution in [0.25, 0.3) is 5.69 Å². The molecule has 1 fully saturated rings. The number of piperazine rings is 1. The Morgan fingerprint density at radius 2 is 1.35 bits per heavy atom. The number of anilines is 1. The zero-order valence-electron chi connectivity index (χ0n) is 19.2. The Morgan fingerprint density at radius 1 is 0.735 bits per heavy atom. The molecule has 6 heteroatoms. The van der Waals surface area contributed by atoms with E-state index in [0.29, 0.717) is 17.1 Å². The van der Waals surface area contributed by atoms with Gasteiger partial charge in [0.05, 0.1) is 18.8 Å². The number of benzene rings is 3. The summed E-state index contributed by atoms with van der Waals surface area (Å²) in [6, 6.07) is 30.3. The quantitative estimate of drug-likeness (QED) is 0.437. The molecule has 34 heavy (non-hydrogen) atoms. The van der Waals surface area contributed by atoms with E-state index in [0.717, 1.165) is 26.2 Å². The largest absolute Gasteiger partial charge is 0.497 e. The van der Waals surface area contributed by atoms with Gasteiger partial charge in [0.15, 0.2) is 0 Å². The SMILES string of the molecule is COc1cccc(-n2c(O)cc(N3CCN(C(c4ccccc4)c4ccccc4)CC3)c2O)c1. The van der Waals surface area contributed by atoms with Crippen molar-refractivity contribution in [2.24, 2.45) is 0 Å². The Hall–Kier alpha value is -3.90. The number of aromatic hydroxyl groups is 2. The van der Waals surface area contributed by atoms with Gasteiger partial charge in [0, 0.05) is 38.3 Å². The summed E-state index contributed by atoms with van der Waals surface area (Å²) in [5.74, 6) is 0.685. The third-order valence-electron chi connectivity index (χ3n) is 6.50. The topological polar surface area (TPSA) is 61.1 Å². The summed E-state index contributed by atoms with van der Waals surface area (Å²) < 4.78 is 6.74. The molecule has 0 unspecified atom stereocenters. The summed E-state index contributed by atoms with van der Waals surface area (Å²) in [6.07, 6.45) is 0. The first-order valence-corrected chi connectivity index (χ1v) is 11.5. The zero-order valence-corrected chi connectivity index (χ0v) is 19.2. The lowest BCUT2D eigenvalue weighted by Gasteiger charge is -2.40. The van der Waals surface area contributed by atoms with Crippen LogP contribution in [-0.4, -0.2) is 53.0 Å². The molecule has 0 saturated carbocycles. The molecule has 4 aromatic rings. The van der Waals surface area contributed by atoms with Gasteiger partial charge in [-0.1, -0.05) is 66.7 Å². The van der Waals surface area contributed by atoms with Gasteiger partial charge in [-0.15, -0.1) is 0 Å². The van der Waals surface area contributed by atoms with Gasteiger partial charge in [-0.05, 0) is 23.3 Å². The lowest BCUT2D eigenvalue weighted by Crippen LogP contribution is -2.47. The second kappa shape index (κ2) is 9.53. The summed E-state index contributed by atoms with van der Waals surface area (Å²) in [7, 11) is 1.59. The zero-order chi connectivity index (χ0) is 23.5. The van der Waals surface area contributed by atoms with Crippen molar-refractivity contribution < 1.29 is 14.9 Å². The van der Waals surface area contributed by atoms with Gasteiger partial charge in [-0.2, -0.15) is 0 Å². The van der Waals surface area contributed by atoms with E-state index >= 15 is 0 Å². The highest BCUT2D eigenvalue weighted by atomic mass is 16.5. The number of hydrogen-bond acceptors (Lipinski definition) is 5. The van der Waals surface area contributed by atoms with Gasteiger partial charge in [0.1, 0.15) is 11.4 Å². The van der Waals surface area contributed by atoms with Crippen molar-refractivity contribution in [3.63, 3.8) is 0 Å². The Morgan fingerprint density at radius 3 is 1.94 bits per heavy atom. The van der Waals surface area contributed by atoms with Crippen LogP contribution in [0.15, 0.2) is 91.0 Å². The predicted octanol–water partition coefficient (Wildman–Crippen LogP) is 4.81. The number of hydrogen-bond donors (Lipinski definition) is 2. The van der Waals surface area contributed by atoms with Crippen LogP contribution in [0.4, 0.5) is 5.69 Å². The maximum Gasteiger partial charge on any atom is 0.223 e. The van der Waals surface area contributed by atoms with E-state index < -0.39 is 0 Å². The van der Waals surface area contributed by atoms with Crippen molar-refractivity contribution in [1.82, 2.24) is 9.47 Å². The molecule has 1 aliphatic rings. The molecule has 174 valence electrons. The number of nitrogens with zero attached hydrogens (tertiary/aromatic N) is 3. The van der Waals surface area contributed by atoms with Crippen LogP contribution in [0.3, 0.4) is 0 Å². The number of rotatable bonds is 6. The van der Waals surface area contributed by atoms with Crippen molar-refractivity contribution in [2.45, 2.75) is 6.04 Å². The van der Waals surface area contributed by atoms with Crippen LogP contribution in [0, 0.1) is 0 Å². The minimum Gasteiger partial charge on any atom is -0.497 e. The number of aromatic nitrogens is 1. The molecule has 5 rings (SSSR count). The van der Waals surface area contributed by atoms with E-state index in [1.807, 2.05) is 30.3 Å². The summed E-state index contributed by atoms with van der Waals surface area (Å²) in [4.78, 5) is 4.62. The molecule has 2 heterocycles. The third kappa shape index (κ3) is 4.20. The first-order chi connectivity index (χ1) is 16.7. The Balaban J connectivity index is 1.38. The summed E-state index contributed by atoms with van der Waals surface area (Å²) in [5, 5.41) is 21.6. The van der Waals surface area contributed by atoms with Crippen LogP contribution in [0.2, 0.25) is 0 Å². The molecule has 1 aromatic heterocycles.